The van der Waals surface area contributed by atoms with Crippen LogP contribution in [0.15, 0.2) is 30.3 Å². The number of hydrogen-bond acceptors (Lipinski definition) is 3. The van der Waals surface area contributed by atoms with Crippen molar-refractivity contribution in [3.05, 3.63) is 35.9 Å². The summed E-state index contributed by atoms with van der Waals surface area (Å²) < 4.78 is 0. The maximum atomic E-state index is 9.93. The maximum absolute atomic E-state index is 9.93. The largest absolute Gasteiger partial charge is 0.394 e. The molecule has 20 heavy (non-hydrogen) atoms. The highest BCUT2D eigenvalue weighted by Gasteiger charge is 2.29. The van der Waals surface area contributed by atoms with E-state index in [1.54, 1.807) is 0 Å². The Kier molecular flexibility index (Phi) is 6.02. The highest BCUT2D eigenvalue weighted by molar-refractivity contribution is 5.24. The molecular formula is C17H28N2O. The van der Waals surface area contributed by atoms with Crippen molar-refractivity contribution in [2.75, 3.05) is 33.3 Å². The summed E-state index contributed by atoms with van der Waals surface area (Å²) in [5.41, 5.74) is 0.868. The molecule has 1 aliphatic heterocycles. The van der Waals surface area contributed by atoms with Gasteiger partial charge < -0.3 is 15.3 Å². The molecule has 0 aromatic heterocycles. The van der Waals surface area contributed by atoms with Crippen molar-refractivity contribution in [1.82, 2.24) is 10.2 Å². The number of benzene rings is 1. The number of rotatable bonds is 6. The Morgan fingerprint density at radius 1 is 1.10 bits per heavy atom. The molecule has 1 aliphatic rings. The Balaban J connectivity index is 2.01. The van der Waals surface area contributed by atoms with E-state index in [9.17, 15) is 5.11 Å². The van der Waals surface area contributed by atoms with E-state index in [2.05, 4.69) is 22.3 Å². The smallest absolute Gasteiger partial charge is 0.0678 e. The Morgan fingerprint density at radius 3 is 2.30 bits per heavy atom. The third-order valence-electron chi connectivity index (χ3n) is 4.63. The fourth-order valence-corrected chi connectivity index (χ4v) is 3.13. The average Bonchev–Trinajstić information content (AvgIpc) is 2.79. The maximum Gasteiger partial charge on any atom is 0.0678 e. The summed E-state index contributed by atoms with van der Waals surface area (Å²) in [7, 11) is 1.95. The number of nitrogens with one attached hydrogen (secondary N) is 1. The number of likely N-dealkylation sites (N-methyl/N-ethyl adjacent to an activating group) is 1. The van der Waals surface area contributed by atoms with Crippen LogP contribution in [0.1, 0.15) is 37.7 Å². The van der Waals surface area contributed by atoms with E-state index in [1.165, 1.54) is 44.3 Å². The van der Waals surface area contributed by atoms with Crippen LogP contribution in [0.5, 0.6) is 0 Å². The van der Waals surface area contributed by atoms with Crippen LogP contribution in [0.3, 0.4) is 0 Å². The minimum absolute atomic E-state index is 0.140. The predicted molar refractivity (Wildman–Crippen MR) is 83.8 cm³/mol. The van der Waals surface area contributed by atoms with E-state index >= 15 is 0 Å². The molecule has 0 aliphatic carbocycles. The first-order chi connectivity index (χ1) is 9.80. The number of nitrogens with zero attached hydrogens (tertiary/aromatic N) is 1. The zero-order valence-corrected chi connectivity index (χ0v) is 12.6. The van der Waals surface area contributed by atoms with Gasteiger partial charge in [0.05, 0.1) is 12.1 Å². The first-order valence-electron chi connectivity index (χ1n) is 7.88. The molecular weight excluding hydrogens is 248 g/mol. The van der Waals surface area contributed by atoms with Gasteiger partial charge in [0.25, 0.3) is 0 Å². The Bertz CT molecular complexity index is 368. The van der Waals surface area contributed by atoms with Crippen molar-refractivity contribution >= 4 is 0 Å². The van der Waals surface area contributed by atoms with Crippen LogP contribution in [-0.4, -0.2) is 43.3 Å². The zero-order chi connectivity index (χ0) is 14.3. The van der Waals surface area contributed by atoms with Crippen LogP contribution in [0.4, 0.5) is 0 Å². The minimum atomic E-state index is -0.312. The van der Waals surface area contributed by atoms with Crippen molar-refractivity contribution in [3.63, 3.8) is 0 Å². The van der Waals surface area contributed by atoms with Crippen LogP contribution >= 0.6 is 0 Å². The van der Waals surface area contributed by atoms with Gasteiger partial charge in [0.2, 0.25) is 0 Å². The van der Waals surface area contributed by atoms with Gasteiger partial charge in [0.1, 0.15) is 0 Å². The molecule has 0 amide bonds. The van der Waals surface area contributed by atoms with Crippen molar-refractivity contribution in [2.24, 2.45) is 0 Å². The van der Waals surface area contributed by atoms with E-state index in [1.807, 2.05) is 25.2 Å². The number of likely N-dealkylation sites (tertiary alicyclic amines) is 1. The topological polar surface area (TPSA) is 35.5 Å². The summed E-state index contributed by atoms with van der Waals surface area (Å²) in [6.45, 7) is 3.61. The van der Waals surface area contributed by atoms with Gasteiger partial charge in [-0.3, -0.25) is 0 Å². The molecule has 2 rings (SSSR count). The lowest BCUT2D eigenvalue weighted by Crippen LogP contribution is -2.46. The third-order valence-corrected chi connectivity index (χ3v) is 4.63. The summed E-state index contributed by atoms with van der Waals surface area (Å²) in [5, 5.41) is 13.3. The van der Waals surface area contributed by atoms with Crippen LogP contribution in [0, 0.1) is 0 Å². The molecule has 0 radical (unpaired) electrons. The summed E-state index contributed by atoms with van der Waals surface area (Å²) in [6.07, 6.45) is 6.32. The van der Waals surface area contributed by atoms with Gasteiger partial charge in [-0.25, -0.2) is 0 Å². The summed E-state index contributed by atoms with van der Waals surface area (Å²) in [5.74, 6) is 0. The highest BCUT2D eigenvalue weighted by Crippen LogP contribution is 2.25. The second-order valence-electron chi connectivity index (χ2n) is 5.86. The second-order valence-corrected chi connectivity index (χ2v) is 5.86. The molecule has 1 aromatic carbocycles. The zero-order valence-electron chi connectivity index (χ0n) is 12.6. The van der Waals surface area contributed by atoms with Crippen molar-refractivity contribution < 1.29 is 5.11 Å². The molecule has 3 nitrogen and oxygen atoms in total. The van der Waals surface area contributed by atoms with Crippen molar-refractivity contribution in [2.45, 2.75) is 37.6 Å². The molecule has 1 aromatic rings. The predicted octanol–water partition coefficient (Wildman–Crippen LogP) is 2.36. The van der Waals surface area contributed by atoms with Gasteiger partial charge in [0, 0.05) is 6.54 Å². The van der Waals surface area contributed by atoms with Gasteiger partial charge in [0.15, 0.2) is 0 Å². The lowest BCUT2D eigenvalue weighted by atomic mass is 9.87. The number of hydrogen-bond donors (Lipinski definition) is 2. The Morgan fingerprint density at radius 2 is 1.75 bits per heavy atom. The van der Waals surface area contributed by atoms with E-state index in [4.69, 9.17) is 0 Å². The van der Waals surface area contributed by atoms with Gasteiger partial charge in [-0.05, 0) is 45.0 Å². The summed E-state index contributed by atoms with van der Waals surface area (Å²) in [6, 6.07) is 10.3. The van der Waals surface area contributed by atoms with Crippen LogP contribution < -0.4 is 5.32 Å². The Labute approximate surface area is 123 Å². The summed E-state index contributed by atoms with van der Waals surface area (Å²) >= 11 is 0. The van der Waals surface area contributed by atoms with E-state index in [-0.39, 0.29) is 12.1 Å². The Hall–Kier alpha value is -0.900. The molecule has 1 unspecified atom stereocenters. The average molecular weight is 276 g/mol. The molecule has 1 saturated heterocycles. The molecule has 112 valence electrons. The minimum Gasteiger partial charge on any atom is -0.394 e. The lowest BCUT2D eigenvalue weighted by molar-refractivity contribution is 0.139. The van der Waals surface area contributed by atoms with Gasteiger partial charge in [-0.2, -0.15) is 0 Å². The van der Waals surface area contributed by atoms with E-state index in [0.717, 1.165) is 13.0 Å². The van der Waals surface area contributed by atoms with Crippen molar-refractivity contribution in [1.29, 1.82) is 0 Å². The van der Waals surface area contributed by atoms with Crippen molar-refractivity contribution in [3.8, 4) is 0 Å². The SMILES string of the molecule is CNC(CO)(CCN1CCCCCC1)c1ccccc1. The molecule has 0 saturated carbocycles. The fourth-order valence-electron chi connectivity index (χ4n) is 3.13. The fraction of sp³-hybridized carbons (Fsp3) is 0.647. The van der Waals surface area contributed by atoms with E-state index in [0.29, 0.717) is 0 Å². The van der Waals surface area contributed by atoms with Crippen LogP contribution in [0.25, 0.3) is 0 Å². The third kappa shape index (κ3) is 3.81. The first-order valence-corrected chi connectivity index (χ1v) is 7.88. The van der Waals surface area contributed by atoms with Gasteiger partial charge >= 0.3 is 0 Å². The van der Waals surface area contributed by atoms with E-state index < -0.39 is 0 Å². The lowest BCUT2D eigenvalue weighted by Gasteiger charge is -2.34. The van der Waals surface area contributed by atoms with Crippen LogP contribution in [0.2, 0.25) is 0 Å². The standard InChI is InChI=1S/C17H28N2O/c1-18-17(15-20,16-9-5-4-6-10-16)11-14-19-12-7-2-3-8-13-19/h4-6,9-10,18,20H,2-3,7-8,11-15H2,1H3. The highest BCUT2D eigenvalue weighted by atomic mass is 16.3. The summed E-state index contributed by atoms with van der Waals surface area (Å²) in [4.78, 5) is 2.55. The molecule has 0 spiro atoms. The molecule has 1 atom stereocenters. The number of aliphatic hydroxyl groups is 1. The first kappa shape index (κ1) is 15.5. The normalized spacial score (nSPS) is 20.3. The molecule has 2 N–H and O–H groups in total. The van der Waals surface area contributed by atoms with Gasteiger partial charge in [-0.15, -0.1) is 0 Å². The second kappa shape index (κ2) is 7.77. The quantitative estimate of drug-likeness (QED) is 0.837. The number of aliphatic hydroxyl groups excluding tert-OH is 1. The monoisotopic (exact) mass is 276 g/mol. The molecule has 0 bridgehead atoms. The molecule has 1 heterocycles. The van der Waals surface area contributed by atoms with Gasteiger partial charge in [-0.1, -0.05) is 43.2 Å². The molecule has 3 heteroatoms. The molecule has 1 fully saturated rings. The van der Waals surface area contributed by atoms with Crippen LogP contribution in [-0.2, 0) is 5.54 Å².